The number of carboxylic acids is 2. The van der Waals surface area contributed by atoms with Crippen LogP contribution in [0.4, 0.5) is 0 Å². The number of aliphatic carboxylic acids is 2. The van der Waals surface area contributed by atoms with Gasteiger partial charge >= 0.3 is 11.9 Å². The van der Waals surface area contributed by atoms with E-state index in [1.807, 2.05) is 13.8 Å². The largest absolute Gasteiger partial charge is 0.481 e. The topological polar surface area (TPSA) is 287 Å². The number of nitrogens with two attached hydrogens (primary N) is 1. The molecule has 2 saturated heterocycles. The van der Waals surface area contributed by atoms with Gasteiger partial charge in [-0.1, -0.05) is 34.1 Å². The predicted molar refractivity (Wildman–Crippen MR) is 197 cm³/mol. The molecule has 0 radical (unpaired) electrons. The van der Waals surface area contributed by atoms with Crippen molar-refractivity contribution in [3.63, 3.8) is 0 Å². The van der Waals surface area contributed by atoms with Crippen LogP contribution in [-0.4, -0.2) is 141 Å². The Labute approximate surface area is 320 Å². The minimum atomic E-state index is -1.38. The summed E-state index contributed by atoms with van der Waals surface area (Å²) in [5.74, 6) is -7.65. The number of hydrogen-bond acceptors (Lipinski definition) is 11. The molecular weight excluding hydrogens is 728 g/mol. The van der Waals surface area contributed by atoms with Crippen molar-refractivity contribution >= 4 is 65.9 Å². The number of rotatable bonds is 20. The molecule has 2 aliphatic rings. The fraction of sp³-hybridized carbons (Fsp3) is 0.735. The highest BCUT2D eigenvalue weighted by atomic mass is 32.1. The molecule has 0 bridgehead atoms. The van der Waals surface area contributed by atoms with Crippen molar-refractivity contribution in [1.29, 1.82) is 0 Å². The molecular formula is C34H56N8O11S. The van der Waals surface area contributed by atoms with Gasteiger partial charge in [-0.05, 0) is 50.9 Å². The van der Waals surface area contributed by atoms with Gasteiger partial charge in [0.1, 0.15) is 36.3 Å². The van der Waals surface area contributed by atoms with E-state index in [9.17, 15) is 48.3 Å². The van der Waals surface area contributed by atoms with Crippen LogP contribution in [0.25, 0.3) is 0 Å². The van der Waals surface area contributed by atoms with Crippen LogP contribution in [0.1, 0.15) is 79.6 Å². The molecule has 19 nitrogen and oxygen atoms in total. The van der Waals surface area contributed by atoms with E-state index in [2.05, 4.69) is 39.2 Å². The highest BCUT2D eigenvalue weighted by Gasteiger charge is 2.40. The molecule has 7 amide bonds. The lowest BCUT2D eigenvalue weighted by atomic mass is 9.99. The average molecular weight is 785 g/mol. The number of nitrogens with one attached hydrogen (secondary N) is 5. The second-order valence-electron chi connectivity index (χ2n) is 14.2. The summed E-state index contributed by atoms with van der Waals surface area (Å²) < 4.78 is 0. The van der Waals surface area contributed by atoms with Gasteiger partial charge in [-0.25, -0.2) is 4.79 Å². The molecule has 0 spiro atoms. The van der Waals surface area contributed by atoms with E-state index in [4.69, 9.17) is 10.8 Å². The maximum atomic E-state index is 13.7. The molecule has 2 heterocycles. The molecule has 9 N–H and O–H groups in total. The van der Waals surface area contributed by atoms with Crippen LogP contribution in [0.2, 0.25) is 0 Å². The Morgan fingerprint density at radius 2 is 1.37 bits per heavy atom. The van der Waals surface area contributed by atoms with E-state index in [-0.39, 0.29) is 37.1 Å². The molecule has 8 atom stereocenters. The summed E-state index contributed by atoms with van der Waals surface area (Å²) in [5.41, 5.74) is 5.58. The first kappa shape index (κ1) is 45.7. The average Bonchev–Trinajstić information content (AvgIpc) is 3.81. The maximum Gasteiger partial charge on any atom is 0.326 e. The first-order valence-corrected chi connectivity index (χ1v) is 18.9. The molecule has 2 rings (SSSR count). The fourth-order valence-electron chi connectivity index (χ4n) is 6.28. The monoisotopic (exact) mass is 784 g/mol. The van der Waals surface area contributed by atoms with Crippen LogP contribution >= 0.6 is 12.6 Å². The molecule has 0 saturated carbocycles. The number of carbonyl (C=O) groups is 9. The van der Waals surface area contributed by atoms with Gasteiger partial charge < -0.3 is 52.3 Å². The van der Waals surface area contributed by atoms with Crippen molar-refractivity contribution in [1.82, 2.24) is 36.4 Å². The van der Waals surface area contributed by atoms with Crippen LogP contribution in [0.3, 0.4) is 0 Å². The minimum Gasteiger partial charge on any atom is -0.481 e. The Morgan fingerprint density at radius 3 is 1.91 bits per heavy atom. The summed E-state index contributed by atoms with van der Waals surface area (Å²) in [4.78, 5) is 117. The van der Waals surface area contributed by atoms with Crippen molar-refractivity contribution in [2.45, 2.75) is 122 Å². The van der Waals surface area contributed by atoms with Crippen LogP contribution in [-0.2, 0) is 43.2 Å². The number of hydrogen-bond donors (Lipinski definition) is 9. The fourth-order valence-corrected chi connectivity index (χ4v) is 6.54. The van der Waals surface area contributed by atoms with Crippen LogP contribution in [0, 0.1) is 11.8 Å². The number of nitrogens with zero attached hydrogens (tertiary/aromatic N) is 2. The first-order chi connectivity index (χ1) is 25.3. The van der Waals surface area contributed by atoms with Crippen LogP contribution in [0.15, 0.2) is 0 Å². The molecule has 0 aliphatic carbocycles. The molecule has 0 unspecified atom stereocenters. The number of carboxylic acid groups (broad SMARTS) is 2. The predicted octanol–water partition coefficient (Wildman–Crippen LogP) is -2.05. The standard InChI is InChI=1S/C34H56N8O11S/c1-6-18(4)27(34(52)53)40-30(48)22(16-54)39-32(50)24-10-7-11-41(24)25(43)15-36-31(49)23-9-8-12-42(23)33(51)21(13-17(2)3)38-28(46)19(5)37-29(47)20(35)14-26(44)45/h17-24,27,54H,6-16,35H2,1-5H3,(H,36,49)(H,37,47)(H,38,46)(H,39,50)(H,40,48)(H,44,45)(H,52,53)/t18-,19-,20-,21-,22-,23-,24-,27-/m0/s1. The zero-order chi connectivity index (χ0) is 40.9. The molecule has 20 heteroatoms. The van der Waals surface area contributed by atoms with E-state index < -0.39 is 109 Å². The van der Waals surface area contributed by atoms with Crippen molar-refractivity contribution < 1.29 is 53.4 Å². The summed E-state index contributed by atoms with van der Waals surface area (Å²) in [7, 11) is 0. The number of carbonyl (C=O) groups excluding carboxylic acids is 7. The SMILES string of the molecule is CC[C@H](C)[C@H](NC(=O)[C@H](CS)NC(=O)[C@@H]1CCCN1C(=O)CNC(=O)[C@@H]1CCCN1C(=O)[C@H](CC(C)C)NC(=O)[C@H](C)NC(=O)[C@@H](N)CC(=O)O)C(=O)O. The second kappa shape index (κ2) is 21.4. The lowest BCUT2D eigenvalue weighted by molar-refractivity contribution is -0.144. The van der Waals surface area contributed by atoms with Gasteiger partial charge in [-0.15, -0.1) is 0 Å². The summed E-state index contributed by atoms with van der Waals surface area (Å²) in [6.45, 7) is 8.46. The summed E-state index contributed by atoms with van der Waals surface area (Å²) in [6.07, 6.45) is 1.61. The highest BCUT2D eigenvalue weighted by Crippen LogP contribution is 2.22. The van der Waals surface area contributed by atoms with E-state index in [0.29, 0.717) is 32.1 Å². The molecule has 2 fully saturated rings. The normalized spacial score (nSPS) is 20.1. The Hall–Kier alpha value is -4.46. The first-order valence-electron chi connectivity index (χ1n) is 18.2. The van der Waals surface area contributed by atoms with E-state index in [1.165, 1.54) is 16.7 Å². The molecule has 54 heavy (non-hydrogen) atoms. The summed E-state index contributed by atoms with van der Waals surface area (Å²) >= 11 is 4.15. The van der Waals surface area contributed by atoms with E-state index in [1.54, 1.807) is 13.8 Å². The van der Waals surface area contributed by atoms with Gasteiger partial charge in [0.15, 0.2) is 0 Å². The Kier molecular flexibility index (Phi) is 18.1. The maximum absolute atomic E-state index is 13.7. The summed E-state index contributed by atoms with van der Waals surface area (Å²) in [6, 6.07) is -7.81. The molecule has 0 aromatic rings. The highest BCUT2D eigenvalue weighted by molar-refractivity contribution is 7.80. The van der Waals surface area contributed by atoms with Gasteiger partial charge in [0.05, 0.1) is 19.0 Å². The Bertz CT molecular complexity index is 1420. The van der Waals surface area contributed by atoms with Crippen LogP contribution in [0.5, 0.6) is 0 Å². The van der Waals surface area contributed by atoms with Gasteiger partial charge in [-0.3, -0.25) is 38.4 Å². The minimum absolute atomic E-state index is 0.0601. The zero-order valence-electron chi connectivity index (χ0n) is 31.5. The Morgan fingerprint density at radius 1 is 0.778 bits per heavy atom. The van der Waals surface area contributed by atoms with Gasteiger partial charge in [0, 0.05) is 18.8 Å². The van der Waals surface area contributed by atoms with Crippen molar-refractivity contribution in [2.75, 3.05) is 25.4 Å². The zero-order valence-corrected chi connectivity index (χ0v) is 32.4. The lowest BCUT2D eigenvalue weighted by Gasteiger charge is -2.30. The second-order valence-corrected chi connectivity index (χ2v) is 14.6. The van der Waals surface area contributed by atoms with Gasteiger partial charge in [0.25, 0.3) is 0 Å². The number of likely N-dealkylation sites (tertiary alicyclic amines) is 2. The van der Waals surface area contributed by atoms with Gasteiger partial charge in [-0.2, -0.15) is 12.6 Å². The summed E-state index contributed by atoms with van der Waals surface area (Å²) in [5, 5.41) is 31.0. The molecule has 0 aromatic carbocycles. The smallest absolute Gasteiger partial charge is 0.326 e. The number of amides is 7. The Balaban J connectivity index is 2.03. The third-order valence-corrected chi connectivity index (χ3v) is 9.89. The molecule has 304 valence electrons. The lowest BCUT2D eigenvalue weighted by Crippen LogP contribution is -2.58. The molecule has 2 aliphatic heterocycles. The van der Waals surface area contributed by atoms with Crippen molar-refractivity contribution in [3.05, 3.63) is 0 Å². The van der Waals surface area contributed by atoms with Crippen molar-refractivity contribution in [3.8, 4) is 0 Å². The van der Waals surface area contributed by atoms with Gasteiger partial charge in [0.2, 0.25) is 41.4 Å². The quantitative estimate of drug-likeness (QED) is 0.0604. The number of thiol groups is 1. The van der Waals surface area contributed by atoms with Crippen LogP contribution < -0.4 is 32.3 Å². The van der Waals surface area contributed by atoms with E-state index in [0.717, 1.165) is 0 Å². The third kappa shape index (κ3) is 13.1. The molecule has 0 aromatic heterocycles. The van der Waals surface area contributed by atoms with E-state index >= 15 is 0 Å². The third-order valence-electron chi connectivity index (χ3n) is 9.53. The van der Waals surface area contributed by atoms with Crippen molar-refractivity contribution in [2.24, 2.45) is 17.6 Å².